The van der Waals surface area contributed by atoms with E-state index in [0.29, 0.717) is 48.3 Å². The minimum absolute atomic E-state index is 0.00421. The molecule has 0 amide bonds. The average molecular weight is 588 g/mol. The fraction of sp³-hybridized carbons (Fsp3) is 0.345. The zero-order valence-corrected chi connectivity index (χ0v) is 23.4. The number of halogens is 4. The number of aliphatic imine (C=N–C) groups is 1. The number of hydrogen-bond donors (Lipinski definition) is 4. The maximum Gasteiger partial charge on any atom is 0.354 e. The Morgan fingerprint density at radius 3 is 2.76 bits per heavy atom. The van der Waals surface area contributed by atoms with Crippen LogP contribution in [0.4, 0.5) is 13.2 Å². The molecule has 1 unspecified atom stereocenters. The quantitative estimate of drug-likeness (QED) is 0.102. The van der Waals surface area contributed by atoms with E-state index in [1.54, 1.807) is 30.3 Å². The molecule has 4 rings (SSSR count). The Labute approximate surface area is 240 Å². The van der Waals surface area contributed by atoms with E-state index in [0.717, 1.165) is 18.4 Å². The first-order chi connectivity index (χ1) is 19.7. The number of amidine groups is 1. The number of aromatic nitrogens is 3. The van der Waals surface area contributed by atoms with Crippen LogP contribution in [0.5, 0.6) is 0 Å². The molecule has 41 heavy (non-hydrogen) atoms. The Kier molecular flexibility index (Phi) is 10.2. The predicted octanol–water partition coefficient (Wildman–Crippen LogP) is 4.79. The van der Waals surface area contributed by atoms with Crippen LogP contribution in [0, 0.1) is 11.6 Å². The molecule has 0 aliphatic heterocycles. The van der Waals surface area contributed by atoms with Gasteiger partial charge < -0.3 is 21.8 Å². The van der Waals surface area contributed by atoms with Crippen LogP contribution in [0.3, 0.4) is 0 Å². The van der Waals surface area contributed by atoms with Crippen molar-refractivity contribution in [3.8, 4) is 16.9 Å². The second kappa shape index (κ2) is 13.8. The monoisotopic (exact) mass is 587 g/mol. The molecule has 0 saturated heterocycles. The van der Waals surface area contributed by atoms with Crippen molar-refractivity contribution in [2.24, 2.45) is 16.5 Å². The highest BCUT2D eigenvalue weighted by Crippen LogP contribution is 2.31. The Hall–Kier alpha value is -3.67. The van der Waals surface area contributed by atoms with Gasteiger partial charge in [-0.2, -0.15) is 4.98 Å². The summed E-state index contributed by atoms with van der Waals surface area (Å²) < 4.78 is 43.4. The average Bonchev–Trinajstić information content (AvgIpc) is 3.34. The van der Waals surface area contributed by atoms with Crippen molar-refractivity contribution in [1.29, 1.82) is 0 Å². The molecule has 0 spiro atoms. The third kappa shape index (κ3) is 7.75. The molecule has 0 fully saturated rings. The van der Waals surface area contributed by atoms with Crippen LogP contribution < -0.4 is 22.5 Å². The molecule has 218 valence electrons. The van der Waals surface area contributed by atoms with Gasteiger partial charge in [0, 0.05) is 41.8 Å². The number of fused-ring (bicyclic) bond motifs is 1. The lowest BCUT2D eigenvalue weighted by Crippen LogP contribution is -2.21. The predicted molar refractivity (Wildman–Crippen MR) is 157 cm³/mol. The molecule has 0 saturated carbocycles. The highest BCUT2D eigenvalue weighted by molar-refractivity contribution is 6.31. The Balaban J connectivity index is 1.52. The van der Waals surface area contributed by atoms with Gasteiger partial charge in [0.25, 0.3) is 0 Å². The third-order valence-corrected chi connectivity index (χ3v) is 6.88. The second-order valence-corrected chi connectivity index (χ2v) is 10.4. The summed E-state index contributed by atoms with van der Waals surface area (Å²) in [6, 6.07) is 9.57. The fourth-order valence-electron chi connectivity index (χ4n) is 4.46. The molecule has 0 radical (unpaired) electrons. The summed E-state index contributed by atoms with van der Waals surface area (Å²) in [5.74, 6) is -1.11. The van der Waals surface area contributed by atoms with Crippen LogP contribution in [0.15, 0.2) is 52.4 Å². The standard InChI is InChI=1S/C29H33ClF3N7O/c1-17(34)4-2-5-18-10-22(27(33)23(30)11-18)25-12-20-16-40(29(41)39-28(20)38-25)21-7-6-19(24(32)13-21)15-36-8-3-9-37-26(35)14-31/h6-7,10-13,16-17,36H,2-5,8-9,14-15,34H2,1H3,(H2,35,37)(H,38,39,41). The number of aryl methyl sites for hydroxylation is 1. The molecule has 4 aromatic rings. The van der Waals surface area contributed by atoms with Crippen LogP contribution in [0.1, 0.15) is 37.3 Å². The molecule has 8 nitrogen and oxygen atoms in total. The van der Waals surface area contributed by atoms with Crippen molar-refractivity contribution in [2.45, 2.75) is 45.2 Å². The van der Waals surface area contributed by atoms with Crippen LogP contribution in [-0.4, -0.2) is 46.2 Å². The van der Waals surface area contributed by atoms with Gasteiger partial charge in [-0.15, -0.1) is 0 Å². The van der Waals surface area contributed by atoms with E-state index < -0.39 is 24.0 Å². The van der Waals surface area contributed by atoms with Crippen molar-refractivity contribution in [2.75, 3.05) is 19.8 Å². The second-order valence-electron chi connectivity index (χ2n) is 10.0. The Morgan fingerprint density at radius 2 is 2.02 bits per heavy atom. The van der Waals surface area contributed by atoms with Crippen LogP contribution in [0.2, 0.25) is 5.02 Å². The highest BCUT2D eigenvalue weighted by atomic mass is 35.5. The number of alkyl halides is 1. The molecule has 6 N–H and O–H groups in total. The first-order valence-corrected chi connectivity index (χ1v) is 13.7. The molecular weight excluding hydrogens is 555 g/mol. The van der Waals surface area contributed by atoms with Gasteiger partial charge in [-0.05, 0) is 75.0 Å². The smallest absolute Gasteiger partial charge is 0.354 e. The van der Waals surface area contributed by atoms with E-state index in [1.165, 1.54) is 16.8 Å². The van der Waals surface area contributed by atoms with Gasteiger partial charge >= 0.3 is 5.69 Å². The summed E-state index contributed by atoms with van der Waals surface area (Å²) in [5, 5.41) is 3.65. The van der Waals surface area contributed by atoms with E-state index in [-0.39, 0.29) is 34.7 Å². The molecule has 0 bridgehead atoms. The zero-order valence-electron chi connectivity index (χ0n) is 22.7. The van der Waals surface area contributed by atoms with Crippen LogP contribution in [0.25, 0.3) is 28.0 Å². The summed E-state index contributed by atoms with van der Waals surface area (Å²) in [5.41, 5.74) is 13.1. The number of nitrogens with zero attached hydrogens (tertiary/aromatic N) is 3. The normalized spacial score (nSPS) is 12.8. The highest BCUT2D eigenvalue weighted by Gasteiger charge is 2.16. The van der Waals surface area contributed by atoms with Crippen molar-refractivity contribution < 1.29 is 13.2 Å². The van der Waals surface area contributed by atoms with E-state index in [2.05, 4.69) is 20.3 Å². The number of H-pyrrole nitrogens is 1. The summed E-state index contributed by atoms with van der Waals surface area (Å²) >= 11 is 6.19. The SMILES string of the molecule is CC(N)CCCc1cc(Cl)c(F)c(-c2cc3cn(-c4ccc(CNCCCN=C(N)CF)c(F)c4)c(=O)nc3[nH]2)c1. The summed E-state index contributed by atoms with van der Waals surface area (Å²) in [6.07, 6.45) is 4.52. The topological polar surface area (TPSA) is 127 Å². The number of nitrogens with two attached hydrogens (primary N) is 2. The maximum atomic E-state index is 15.0. The van der Waals surface area contributed by atoms with Gasteiger partial charge in [-0.1, -0.05) is 17.7 Å². The van der Waals surface area contributed by atoms with Crippen LogP contribution in [-0.2, 0) is 13.0 Å². The minimum Gasteiger partial charge on any atom is -0.385 e. The molecule has 2 heterocycles. The first-order valence-electron chi connectivity index (χ1n) is 13.4. The third-order valence-electron chi connectivity index (χ3n) is 6.60. The van der Waals surface area contributed by atoms with E-state index in [4.69, 9.17) is 23.1 Å². The Bertz CT molecular complexity index is 1600. The van der Waals surface area contributed by atoms with Crippen molar-refractivity contribution in [1.82, 2.24) is 19.9 Å². The minimum atomic E-state index is -0.779. The number of hydrogen-bond acceptors (Lipinski definition) is 5. The molecular formula is C29H33ClF3N7O. The van der Waals surface area contributed by atoms with Gasteiger partial charge in [-0.25, -0.2) is 18.0 Å². The zero-order chi connectivity index (χ0) is 29.5. The molecule has 12 heteroatoms. The number of nitrogens with one attached hydrogen (secondary N) is 2. The fourth-order valence-corrected chi connectivity index (χ4v) is 4.70. The van der Waals surface area contributed by atoms with Crippen molar-refractivity contribution >= 4 is 28.5 Å². The lowest BCUT2D eigenvalue weighted by atomic mass is 10.0. The van der Waals surface area contributed by atoms with E-state index >= 15 is 4.39 Å². The molecule has 2 aromatic carbocycles. The number of rotatable bonds is 13. The van der Waals surface area contributed by atoms with Gasteiger partial charge in [0.15, 0.2) is 5.82 Å². The van der Waals surface area contributed by atoms with Crippen molar-refractivity contribution in [3.63, 3.8) is 0 Å². The van der Waals surface area contributed by atoms with Gasteiger partial charge in [-0.3, -0.25) is 9.56 Å². The molecule has 1 atom stereocenters. The maximum absolute atomic E-state index is 15.0. The van der Waals surface area contributed by atoms with Gasteiger partial charge in [0.1, 0.15) is 24.0 Å². The summed E-state index contributed by atoms with van der Waals surface area (Å²) in [7, 11) is 0. The molecule has 2 aromatic heterocycles. The van der Waals surface area contributed by atoms with Crippen molar-refractivity contribution in [3.05, 3.63) is 80.9 Å². The first kappa shape index (κ1) is 30.3. The van der Waals surface area contributed by atoms with E-state index in [9.17, 15) is 13.6 Å². The number of benzene rings is 2. The summed E-state index contributed by atoms with van der Waals surface area (Å²) in [4.78, 5) is 23.8. The van der Waals surface area contributed by atoms with Crippen LogP contribution >= 0.6 is 11.6 Å². The van der Waals surface area contributed by atoms with E-state index in [1.807, 2.05) is 6.92 Å². The Morgan fingerprint density at radius 1 is 1.22 bits per heavy atom. The molecule has 0 aliphatic carbocycles. The molecule has 0 aliphatic rings. The van der Waals surface area contributed by atoms with Gasteiger partial charge in [0.05, 0.1) is 16.4 Å². The van der Waals surface area contributed by atoms with Gasteiger partial charge in [0.2, 0.25) is 0 Å². The summed E-state index contributed by atoms with van der Waals surface area (Å²) in [6.45, 7) is 2.34. The lowest BCUT2D eigenvalue weighted by Gasteiger charge is -2.09. The lowest BCUT2D eigenvalue weighted by molar-refractivity contribution is 0.573. The number of aromatic amines is 1. The largest absolute Gasteiger partial charge is 0.385 e.